The lowest BCUT2D eigenvalue weighted by molar-refractivity contribution is -0.140. The number of esters is 1. The van der Waals surface area contributed by atoms with Gasteiger partial charge >= 0.3 is 5.97 Å². The van der Waals surface area contributed by atoms with Gasteiger partial charge in [0.25, 0.3) is 0 Å². The predicted molar refractivity (Wildman–Crippen MR) is 102 cm³/mol. The molecular weight excluding hydrogens is 350 g/mol. The number of nitrogens with zero attached hydrogens (tertiary/aromatic N) is 3. The van der Waals surface area contributed by atoms with Gasteiger partial charge in [-0.05, 0) is 46.2 Å². The van der Waals surface area contributed by atoms with Crippen LogP contribution in [0.15, 0.2) is 11.2 Å². The maximum absolute atomic E-state index is 12.7. The SMILES string of the molecule is COC(=O)CCn1c(C)cc(C(=O)CSc2nc(C)c(C)c(C)n2)c1C. The Kier molecular flexibility index (Phi) is 6.58. The highest BCUT2D eigenvalue weighted by Gasteiger charge is 2.17. The van der Waals surface area contributed by atoms with Crippen molar-refractivity contribution in [2.75, 3.05) is 12.9 Å². The smallest absolute Gasteiger partial charge is 0.307 e. The summed E-state index contributed by atoms with van der Waals surface area (Å²) in [5.74, 6) is 0.0542. The number of methoxy groups -OCH3 is 1. The third kappa shape index (κ3) is 4.52. The van der Waals surface area contributed by atoms with Crippen molar-refractivity contribution in [1.82, 2.24) is 14.5 Å². The molecule has 6 nitrogen and oxygen atoms in total. The second-order valence-corrected chi connectivity index (χ2v) is 7.22. The van der Waals surface area contributed by atoms with Crippen LogP contribution in [0.1, 0.15) is 45.1 Å². The minimum atomic E-state index is -0.261. The minimum Gasteiger partial charge on any atom is -0.469 e. The molecule has 0 saturated carbocycles. The summed E-state index contributed by atoms with van der Waals surface area (Å²) in [6, 6.07) is 1.88. The molecule has 0 unspecified atom stereocenters. The average Bonchev–Trinajstić information content (AvgIpc) is 2.89. The lowest BCUT2D eigenvalue weighted by Gasteiger charge is -2.09. The second-order valence-electron chi connectivity index (χ2n) is 6.28. The topological polar surface area (TPSA) is 74.1 Å². The van der Waals surface area contributed by atoms with E-state index in [1.54, 1.807) is 0 Å². The maximum Gasteiger partial charge on any atom is 0.307 e. The first-order chi connectivity index (χ1) is 12.2. The molecule has 140 valence electrons. The summed E-state index contributed by atoms with van der Waals surface area (Å²) in [7, 11) is 1.38. The van der Waals surface area contributed by atoms with E-state index < -0.39 is 0 Å². The molecule has 0 aliphatic carbocycles. The van der Waals surface area contributed by atoms with Gasteiger partial charge in [0, 0.05) is 34.9 Å². The van der Waals surface area contributed by atoms with E-state index in [0.29, 0.717) is 17.3 Å². The van der Waals surface area contributed by atoms with Crippen molar-refractivity contribution in [1.29, 1.82) is 0 Å². The van der Waals surface area contributed by atoms with Crippen molar-refractivity contribution in [2.45, 2.75) is 52.7 Å². The van der Waals surface area contributed by atoms with E-state index in [2.05, 4.69) is 14.7 Å². The minimum absolute atomic E-state index is 0.0342. The Bertz CT molecular complexity index is 820. The van der Waals surface area contributed by atoms with Crippen LogP contribution >= 0.6 is 11.8 Å². The van der Waals surface area contributed by atoms with Gasteiger partial charge in [-0.15, -0.1) is 0 Å². The highest BCUT2D eigenvalue weighted by Crippen LogP contribution is 2.21. The molecule has 0 bridgehead atoms. The molecule has 0 fully saturated rings. The Labute approximate surface area is 158 Å². The Morgan fingerprint density at radius 2 is 1.73 bits per heavy atom. The van der Waals surface area contributed by atoms with Crippen LogP contribution in [-0.2, 0) is 16.1 Å². The number of aryl methyl sites for hydroxylation is 3. The fraction of sp³-hybridized carbons (Fsp3) is 0.474. The zero-order valence-corrected chi connectivity index (χ0v) is 17.0. The van der Waals surface area contributed by atoms with Gasteiger partial charge in [-0.1, -0.05) is 11.8 Å². The number of ketones is 1. The lowest BCUT2D eigenvalue weighted by Crippen LogP contribution is -2.11. The zero-order chi connectivity index (χ0) is 19.4. The van der Waals surface area contributed by atoms with Crippen molar-refractivity contribution >= 4 is 23.5 Å². The molecular formula is C19H25N3O3S. The number of Topliss-reactive ketones (excluding diaryl/α,β-unsaturated/α-hetero) is 1. The molecule has 2 heterocycles. The monoisotopic (exact) mass is 375 g/mol. The fourth-order valence-electron chi connectivity index (χ4n) is 2.75. The molecule has 2 aromatic heterocycles. The standard InChI is InChI=1S/C19H25N3O3S/c1-11-9-16(15(5)22(11)8-7-18(24)25-6)17(23)10-26-19-20-13(3)12(2)14(4)21-19/h9H,7-8,10H2,1-6H3. The summed E-state index contributed by atoms with van der Waals surface area (Å²) < 4.78 is 6.66. The third-order valence-corrected chi connectivity index (χ3v) is 5.43. The van der Waals surface area contributed by atoms with Gasteiger partial charge in [0.05, 0.1) is 19.3 Å². The van der Waals surface area contributed by atoms with Crippen LogP contribution in [0.4, 0.5) is 0 Å². The summed E-state index contributed by atoms with van der Waals surface area (Å²) in [6.07, 6.45) is 0.283. The van der Waals surface area contributed by atoms with Crippen molar-refractivity contribution in [3.8, 4) is 0 Å². The van der Waals surface area contributed by atoms with Crippen LogP contribution < -0.4 is 0 Å². The van der Waals surface area contributed by atoms with E-state index in [4.69, 9.17) is 0 Å². The number of hydrogen-bond acceptors (Lipinski definition) is 6. The third-order valence-electron chi connectivity index (χ3n) is 4.59. The van der Waals surface area contributed by atoms with Gasteiger partial charge in [0.1, 0.15) is 0 Å². The van der Waals surface area contributed by atoms with E-state index in [9.17, 15) is 9.59 Å². The molecule has 0 radical (unpaired) electrons. The number of carbonyl (C=O) groups is 2. The first kappa shape index (κ1) is 20.2. The van der Waals surface area contributed by atoms with Crippen LogP contribution in [0, 0.1) is 34.6 Å². The summed E-state index contributed by atoms with van der Waals surface area (Å²) in [4.78, 5) is 32.9. The Balaban J connectivity index is 2.09. The summed E-state index contributed by atoms with van der Waals surface area (Å²) >= 11 is 1.35. The Hall–Kier alpha value is -2.15. The van der Waals surface area contributed by atoms with E-state index in [-0.39, 0.29) is 23.9 Å². The lowest BCUT2D eigenvalue weighted by atomic mass is 10.2. The molecule has 0 aromatic carbocycles. The molecule has 0 atom stereocenters. The molecule has 26 heavy (non-hydrogen) atoms. The van der Waals surface area contributed by atoms with Crippen LogP contribution in [-0.4, -0.2) is 39.2 Å². The summed E-state index contributed by atoms with van der Waals surface area (Å²) in [6.45, 7) is 10.2. The number of rotatable bonds is 7. The number of carbonyl (C=O) groups excluding carboxylic acids is 2. The molecule has 0 saturated heterocycles. The highest BCUT2D eigenvalue weighted by atomic mass is 32.2. The predicted octanol–water partition coefficient (Wildman–Crippen LogP) is 3.36. The van der Waals surface area contributed by atoms with E-state index in [1.807, 2.05) is 45.3 Å². The largest absolute Gasteiger partial charge is 0.469 e. The van der Waals surface area contributed by atoms with Gasteiger partial charge in [-0.2, -0.15) is 0 Å². The number of thioether (sulfide) groups is 1. The average molecular weight is 375 g/mol. The van der Waals surface area contributed by atoms with E-state index >= 15 is 0 Å². The highest BCUT2D eigenvalue weighted by molar-refractivity contribution is 7.99. The first-order valence-corrected chi connectivity index (χ1v) is 9.44. The number of hydrogen-bond donors (Lipinski definition) is 0. The summed E-state index contributed by atoms with van der Waals surface area (Å²) in [5.41, 5.74) is 5.46. The molecule has 0 spiro atoms. The van der Waals surface area contributed by atoms with E-state index in [0.717, 1.165) is 28.3 Å². The zero-order valence-electron chi connectivity index (χ0n) is 16.2. The van der Waals surface area contributed by atoms with Crippen LogP contribution in [0.25, 0.3) is 0 Å². The van der Waals surface area contributed by atoms with Crippen molar-refractivity contribution in [2.24, 2.45) is 0 Å². The van der Waals surface area contributed by atoms with Crippen molar-refractivity contribution in [3.63, 3.8) is 0 Å². The number of ether oxygens (including phenoxy) is 1. The molecule has 0 amide bonds. The molecule has 2 rings (SSSR count). The van der Waals surface area contributed by atoms with Gasteiger partial charge in [0.2, 0.25) is 0 Å². The van der Waals surface area contributed by atoms with Crippen molar-refractivity contribution in [3.05, 3.63) is 40.0 Å². The molecule has 7 heteroatoms. The van der Waals surface area contributed by atoms with Gasteiger partial charge < -0.3 is 9.30 Å². The first-order valence-electron chi connectivity index (χ1n) is 8.46. The maximum atomic E-state index is 12.7. The van der Waals surface area contributed by atoms with Gasteiger partial charge in [0.15, 0.2) is 10.9 Å². The normalized spacial score (nSPS) is 10.8. The van der Waals surface area contributed by atoms with Crippen LogP contribution in [0.2, 0.25) is 0 Å². The van der Waals surface area contributed by atoms with Crippen molar-refractivity contribution < 1.29 is 14.3 Å². The molecule has 0 aliphatic heterocycles. The summed E-state index contributed by atoms with van der Waals surface area (Å²) in [5, 5.41) is 0.624. The quantitative estimate of drug-likeness (QED) is 0.320. The van der Waals surface area contributed by atoms with Gasteiger partial charge in [-0.3, -0.25) is 9.59 Å². The van der Waals surface area contributed by atoms with E-state index in [1.165, 1.54) is 18.9 Å². The molecule has 0 N–H and O–H groups in total. The Morgan fingerprint density at radius 1 is 1.12 bits per heavy atom. The van der Waals surface area contributed by atoms with Crippen LogP contribution in [0.3, 0.4) is 0 Å². The van der Waals surface area contributed by atoms with Crippen LogP contribution in [0.5, 0.6) is 0 Å². The molecule has 2 aromatic rings. The molecule has 0 aliphatic rings. The second kappa shape index (κ2) is 8.49. The number of aromatic nitrogens is 3. The Morgan fingerprint density at radius 3 is 2.31 bits per heavy atom. The van der Waals surface area contributed by atoms with Gasteiger partial charge in [-0.25, -0.2) is 9.97 Å². The fourth-order valence-corrected chi connectivity index (χ4v) is 3.57.